The molecule has 0 saturated carbocycles. The number of amides is 1. The van der Waals surface area contributed by atoms with Crippen LogP contribution in [0.1, 0.15) is 17.4 Å². The summed E-state index contributed by atoms with van der Waals surface area (Å²) in [7, 11) is 1.62. The lowest BCUT2D eigenvalue weighted by atomic mass is 10.1. The van der Waals surface area contributed by atoms with Crippen LogP contribution in [-0.2, 0) is 6.54 Å². The van der Waals surface area contributed by atoms with Gasteiger partial charge in [-0.25, -0.2) is 0 Å². The van der Waals surface area contributed by atoms with Crippen molar-refractivity contribution in [3.63, 3.8) is 0 Å². The highest BCUT2D eigenvalue weighted by Crippen LogP contribution is 2.26. The Morgan fingerprint density at radius 3 is 2.46 bits per heavy atom. The Morgan fingerprint density at radius 2 is 1.85 bits per heavy atom. The molecule has 3 aromatic rings. The van der Waals surface area contributed by atoms with Crippen molar-refractivity contribution in [2.75, 3.05) is 12.4 Å². The van der Waals surface area contributed by atoms with E-state index in [4.69, 9.17) is 27.9 Å². The van der Waals surface area contributed by atoms with Gasteiger partial charge in [0.05, 0.1) is 22.8 Å². The first-order chi connectivity index (χ1) is 12.5. The minimum Gasteiger partial charge on any atom is -0.497 e. The molecule has 0 atom stereocenters. The topological polar surface area (TPSA) is 56.2 Å². The predicted octanol–water partition coefficient (Wildman–Crippen LogP) is 5.14. The molecular formula is C19H17Cl2N3O2. The van der Waals surface area contributed by atoms with E-state index >= 15 is 0 Å². The number of halogens is 2. The molecular weight excluding hydrogens is 373 g/mol. The second-order valence-electron chi connectivity index (χ2n) is 5.54. The molecule has 26 heavy (non-hydrogen) atoms. The van der Waals surface area contributed by atoms with E-state index in [1.165, 1.54) is 0 Å². The molecule has 1 aromatic heterocycles. The third kappa shape index (κ3) is 3.84. The minimum absolute atomic E-state index is 0.314. The Hall–Kier alpha value is -2.50. The largest absolute Gasteiger partial charge is 0.497 e. The molecule has 1 amide bonds. The molecule has 0 spiro atoms. The number of rotatable bonds is 5. The summed E-state index contributed by atoms with van der Waals surface area (Å²) in [5, 5.41) is 7.99. The van der Waals surface area contributed by atoms with E-state index in [9.17, 15) is 4.79 Å². The van der Waals surface area contributed by atoms with E-state index in [0.717, 1.165) is 17.0 Å². The number of aryl methyl sites for hydroxylation is 1. The van der Waals surface area contributed by atoms with Crippen LogP contribution in [0, 0.1) is 0 Å². The monoisotopic (exact) mass is 389 g/mol. The van der Waals surface area contributed by atoms with Crippen LogP contribution in [-0.4, -0.2) is 22.8 Å². The van der Waals surface area contributed by atoms with Crippen LogP contribution >= 0.6 is 23.2 Å². The third-order valence-corrected chi connectivity index (χ3v) is 4.61. The second-order valence-corrected chi connectivity index (χ2v) is 6.36. The van der Waals surface area contributed by atoms with Crippen LogP contribution in [0.25, 0.3) is 11.3 Å². The molecule has 3 rings (SSSR count). The standard InChI is InChI=1S/C19H17Cl2N3O2/c1-3-24-18(12-4-7-14(26-2)8-5-12)11-17(23-24)19(25)22-13-6-9-15(20)16(21)10-13/h4-11H,3H2,1-2H3,(H,22,25). The summed E-state index contributed by atoms with van der Waals surface area (Å²) in [6.45, 7) is 2.61. The summed E-state index contributed by atoms with van der Waals surface area (Å²) >= 11 is 11.9. The van der Waals surface area contributed by atoms with Crippen LogP contribution in [0.15, 0.2) is 48.5 Å². The van der Waals surface area contributed by atoms with E-state index in [1.807, 2.05) is 31.2 Å². The van der Waals surface area contributed by atoms with E-state index in [1.54, 1.807) is 36.1 Å². The van der Waals surface area contributed by atoms with Crippen LogP contribution < -0.4 is 10.1 Å². The van der Waals surface area contributed by atoms with Crippen molar-refractivity contribution in [3.05, 3.63) is 64.3 Å². The number of nitrogens with one attached hydrogen (secondary N) is 1. The van der Waals surface area contributed by atoms with Crippen LogP contribution in [0.4, 0.5) is 5.69 Å². The lowest BCUT2D eigenvalue weighted by molar-refractivity contribution is 0.102. The molecule has 7 heteroatoms. The molecule has 1 heterocycles. The Bertz CT molecular complexity index is 936. The highest BCUT2D eigenvalue weighted by atomic mass is 35.5. The van der Waals surface area contributed by atoms with Crippen molar-refractivity contribution < 1.29 is 9.53 Å². The zero-order valence-corrected chi connectivity index (χ0v) is 15.8. The first kappa shape index (κ1) is 18.3. The number of hydrogen-bond donors (Lipinski definition) is 1. The van der Waals surface area contributed by atoms with Crippen molar-refractivity contribution >= 4 is 34.8 Å². The highest BCUT2D eigenvalue weighted by Gasteiger charge is 2.15. The van der Waals surface area contributed by atoms with Gasteiger partial charge in [0.25, 0.3) is 5.91 Å². The number of methoxy groups -OCH3 is 1. The van der Waals surface area contributed by atoms with Gasteiger partial charge in [-0.3, -0.25) is 9.48 Å². The van der Waals surface area contributed by atoms with Crippen LogP contribution in [0.5, 0.6) is 5.75 Å². The Morgan fingerprint density at radius 1 is 1.12 bits per heavy atom. The number of aromatic nitrogens is 2. The SMILES string of the molecule is CCn1nc(C(=O)Nc2ccc(Cl)c(Cl)c2)cc1-c1ccc(OC)cc1. The molecule has 0 fully saturated rings. The minimum atomic E-state index is -0.314. The van der Waals surface area contributed by atoms with Crippen molar-refractivity contribution in [1.82, 2.24) is 9.78 Å². The van der Waals surface area contributed by atoms with E-state index in [-0.39, 0.29) is 5.91 Å². The lowest BCUT2D eigenvalue weighted by Crippen LogP contribution is -2.13. The zero-order chi connectivity index (χ0) is 18.7. The lowest BCUT2D eigenvalue weighted by Gasteiger charge is -2.05. The Labute approximate surface area is 161 Å². The molecule has 0 aliphatic heterocycles. The van der Waals surface area contributed by atoms with Gasteiger partial charge in [0.1, 0.15) is 5.75 Å². The van der Waals surface area contributed by atoms with Crippen molar-refractivity contribution in [1.29, 1.82) is 0 Å². The van der Waals surface area contributed by atoms with Gasteiger partial charge in [0.2, 0.25) is 0 Å². The second kappa shape index (κ2) is 7.81. The van der Waals surface area contributed by atoms with E-state index in [0.29, 0.717) is 28.0 Å². The van der Waals surface area contributed by atoms with Crippen LogP contribution in [0.3, 0.4) is 0 Å². The fourth-order valence-corrected chi connectivity index (χ4v) is 2.83. The number of anilines is 1. The smallest absolute Gasteiger partial charge is 0.276 e. The summed E-state index contributed by atoms with van der Waals surface area (Å²) in [5.41, 5.74) is 2.69. The molecule has 0 aliphatic rings. The quantitative estimate of drug-likeness (QED) is 0.657. The maximum Gasteiger partial charge on any atom is 0.276 e. The molecule has 0 saturated heterocycles. The Balaban J connectivity index is 1.87. The number of hydrogen-bond acceptors (Lipinski definition) is 3. The number of carbonyl (C=O) groups is 1. The van der Waals surface area contributed by atoms with E-state index in [2.05, 4.69) is 10.4 Å². The zero-order valence-electron chi connectivity index (χ0n) is 14.3. The molecule has 2 aromatic carbocycles. The van der Waals surface area contributed by atoms with Gasteiger partial charge in [-0.1, -0.05) is 23.2 Å². The van der Waals surface area contributed by atoms with E-state index < -0.39 is 0 Å². The molecule has 0 bridgehead atoms. The number of ether oxygens (including phenoxy) is 1. The molecule has 0 aliphatic carbocycles. The third-order valence-electron chi connectivity index (χ3n) is 3.88. The maximum atomic E-state index is 12.5. The van der Waals surface area contributed by atoms with Gasteiger partial charge in [-0.05, 0) is 55.5 Å². The van der Waals surface area contributed by atoms with Gasteiger partial charge < -0.3 is 10.1 Å². The number of carbonyl (C=O) groups excluding carboxylic acids is 1. The average molecular weight is 390 g/mol. The van der Waals surface area contributed by atoms with Gasteiger partial charge in [-0.2, -0.15) is 5.10 Å². The fourth-order valence-electron chi connectivity index (χ4n) is 2.53. The van der Waals surface area contributed by atoms with Gasteiger partial charge in [0, 0.05) is 17.8 Å². The summed E-state index contributed by atoms with van der Waals surface area (Å²) < 4.78 is 6.97. The predicted molar refractivity (Wildman–Crippen MR) is 104 cm³/mol. The fraction of sp³-hybridized carbons (Fsp3) is 0.158. The molecule has 0 radical (unpaired) electrons. The number of benzene rings is 2. The van der Waals surface area contributed by atoms with Crippen molar-refractivity contribution in [3.8, 4) is 17.0 Å². The molecule has 1 N–H and O–H groups in total. The van der Waals surface area contributed by atoms with Crippen LogP contribution in [0.2, 0.25) is 10.0 Å². The summed E-state index contributed by atoms with van der Waals surface area (Å²) in [6.07, 6.45) is 0. The Kier molecular flexibility index (Phi) is 5.49. The normalized spacial score (nSPS) is 10.6. The van der Waals surface area contributed by atoms with Gasteiger partial charge in [0.15, 0.2) is 5.69 Å². The van der Waals surface area contributed by atoms with Crippen molar-refractivity contribution in [2.24, 2.45) is 0 Å². The number of nitrogens with zero attached hydrogens (tertiary/aromatic N) is 2. The maximum absolute atomic E-state index is 12.5. The average Bonchev–Trinajstić information content (AvgIpc) is 3.09. The van der Waals surface area contributed by atoms with Gasteiger partial charge >= 0.3 is 0 Å². The summed E-state index contributed by atoms with van der Waals surface area (Å²) in [6, 6.07) is 14.3. The molecule has 0 unspecified atom stereocenters. The highest BCUT2D eigenvalue weighted by molar-refractivity contribution is 6.42. The first-order valence-electron chi connectivity index (χ1n) is 8.00. The summed E-state index contributed by atoms with van der Waals surface area (Å²) in [4.78, 5) is 12.5. The first-order valence-corrected chi connectivity index (χ1v) is 8.76. The molecule has 5 nitrogen and oxygen atoms in total. The van der Waals surface area contributed by atoms with Crippen molar-refractivity contribution in [2.45, 2.75) is 13.5 Å². The van der Waals surface area contributed by atoms with Gasteiger partial charge in [-0.15, -0.1) is 0 Å². The summed E-state index contributed by atoms with van der Waals surface area (Å²) in [5.74, 6) is 0.458. The molecule has 134 valence electrons.